The quantitative estimate of drug-likeness (QED) is 0.780. The molecule has 0 bridgehead atoms. The molecule has 4 rings (SSSR count). The lowest BCUT2D eigenvalue weighted by Crippen LogP contribution is -2.44. The Hall–Kier alpha value is -0.980. The molecule has 1 atom stereocenters. The molecule has 3 aliphatic rings. The van der Waals surface area contributed by atoms with Crippen molar-refractivity contribution in [3.8, 4) is 0 Å². The normalized spacial score (nSPS) is 27.3. The van der Waals surface area contributed by atoms with Crippen LogP contribution in [0.1, 0.15) is 63.6 Å². The van der Waals surface area contributed by atoms with Crippen molar-refractivity contribution < 1.29 is 4.74 Å². The zero-order chi connectivity index (χ0) is 17.8. The van der Waals surface area contributed by atoms with Gasteiger partial charge in [-0.15, -0.1) is 5.10 Å². The molecule has 1 unspecified atom stereocenters. The Bertz CT molecular complexity index is 548. The maximum absolute atomic E-state index is 5.51. The monoisotopic (exact) mass is 361 g/mol. The molecule has 146 valence electrons. The summed E-state index contributed by atoms with van der Waals surface area (Å²) >= 11 is 0. The minimum Gasteiger partial charge on any atom is -0.381 e. The maximum atomic E-state index is 5.51. The van der Waals surface area contributed by atoms with E-state index in [-0.39, 0.29) is 0 Å². The summed E-state index contributed by atoms with van der Waals surface area (Å²) < 4.78 is 7.65. The van der Waals surface area contributed by atoms with Gasteiger partial charge in [0.15, 0.2) is 0 Å². The molecule has 0 radical (unpaired) electrons. The van der Waals surface area contributed by atoms with Gasteiger partial charge in [0, 0.05) is 45.4 Å². The molecule has 0 saturated carbocycles. The largest absolute Gasteiger partial charge is 0.381 e. The van der Waals surface area contributed by atoms with Gasteiger partial charge in [0.2, 0.25) is 0 Å². The highest BCUT2D eigenvalue weighted by Gasteiger charge is 2.28. The molecule has 0 aromatic carbocycles. The first kappa shape index (κ1) is 18.4. The summed E-state index contributed by atoms with van der Waals surface area (Å²) in [6.45, 7) is 9.98. The second-order valence-corrected chi connectivity index (χ2v) is 8.48. The van der Waals surface area contributed by atoms with Crippen LogP contribution in [0.4, 0.5) is 0 Å². The highest BCUT2D eigenvalue weighted by molar-refractivity contribution is 4.96. The van der Waals surface area contributed by atoms with Gasteiger partial charge in [0.25, 0.3) is 0 Å². The minimum atomic E-state index is 0.527. The molecule has 1 aromatic heterocycles. The Balaban J connectivity index is 1.25. The third-order valence-electron chi connectivity index (χ3n) is 6.59. The number of ether oxygens (including phenoxy) is 1. The van der Waals surface area contributed by atoms with Gasteiger partial charge in [-0.3, -0.25) is 4.90 Å². The van der Waals surface area contributed by atoms with Gasteiger partial charge in [-0.25, -0.2) is 4.68 Å². The number of piperidine rings is 1. The molecule has 0 aliphatic carbocycles. The average Bonchev–Trinajstić information content (AvgIpc) is 3.33. The molecule has 3 fully saturated rings. The van der Waals surface area contributed by atoms with Crippen LogP contribution in [0.15, 0.2) is 6.20 Å². The van der Waals surface area contributed by atoms with Gasteiger partial charge in [-0.1, -0.05) is 18.6 Å². The number of hydrogen-bond donors (Lipinski definition) is 0. The lowest BCUT2D eigenvalue weighted by atomic mass is 10.00. The van der Waals surface area contributed by atoms with Gasteiger partial charge >= 0.3 is 0 Å². The van der Waals surface area contributed by atoms with E-state index in [0.717, 1.165) is 37.4 Å². The third kappa shape index (κ3) is 4.46. The average molecular weight is 362 g/mol. The van der Waals surface area contributed by atoms with E-state index in [2.05, 4.69) is 37.9 Å². The van der Waals surface area contributed by atoms with Gasteiger partial charge in [-0.2, -0.15) is 0 Å². The molecule has 3 aliphatic heterocycles. The fourth-order valence-corrected chi connectivity index (χ4v) is 5.06. The number of likely N-dealkylation sites (tertiary alicyclic amines) is 2. The van der Waals surface area contributed by atoms with Crippen molar-refractivity contribution >= 4 is 0 Å². The second kappa shape index (κ2) is 8.81. The van der Waals surface area contributed by atoms with Crippen molar-refractivity contribution in [3.05, 3.63) is 11.9 Å². The summed E-state index contributed by atoms with van der Waals surface area (Å²) in [4.78, 5) is 5.23. The summed E-state index contributed by atoms with van der Waals surface area (Å²) in [6, 6.07) is 1.26. The van der Waals surface area contributed by atoms with Crippen LogP contribution in [0.2, 0.25) is 0 Å². The predicted molar refractivity (Wildman–Crippen MR) is 102 cm³/mol. The van der Waals surface area contributed by atoms with Crippen LogP contribution in [0.5, 0.6) is 0 Å². The van der Waals surface area contributed by atoms with Crippen LogP contribution >= 0.6 is 0 Å². The van der Waals surface area contributed by atoms with E-state index in [1.807, 2.05) is 0 Å². The lowest BCUT2D eigenvalue weighted by Gasteiger charge is -2.39. The SMILES string of the molecule is CCCC1CCN(Cc2cn(C3CCN(C4CCOCC4)CC3)nn2)C1. The van der Waals surface area contributed by atoms with Gasteiger partial charge < -0.3 is 9.64 Å². The van der Waals surface area contributed by atoms with Crippen LogP contribution in [0.3, 0.4) is 0 Å². The summed E-state index contributed by atoms with van der Waals surface area (Å²) in [5, 5.41) is 8.95. The number of rotatable bonds is 6. The Labute approximate surface area is 157 Å². The number of nitrogens with zero attached hydrogens (tertiary/aromatic N) is 5. The first-order valence-corrected chi connectivity index (χ1v) is 10.8. The van der Waals surface area contributed by atoms with E-state index in [0.29, 0.717) is 6.04 Å². The summed E-state index contributed by atoms with van der Waals surface area (Å²) in [7, 11) is 0. The fraction of sp³-hybridized carbons (Fsp3) is 0.900. The fourth-order valence-electron chi connectivity index (χ4n) is 5.06. The van der Waals surface area contributed by atoms with E-state index in [1.54, 1.807) is 0 Å². The molecule has 0 spiro atoms. The first-order valence-electron chi connectivity index (χ1n) is 10.8. The van der Waals surface area contributed by atoms with E-state index in [9.17, 15) is 0 Å². The molecule has 0 amide bonds. The molecule has 26 heavy (non-hydrogen) atoms. The Morgan fingerprint density at radius 1 is 1.04 bits per heavy atom. The third-order valence-corrected chi connectivity index (χ3v) is 6.59. The van der Waals surface area contributed by atoms with E-state index in [1.165, 1.54) is 71.1 Å². The van der Waals surface area contributed by atoms with Crippen molar-refractivity contribution in [2.75, 3.05) is 39.4 Å². The van der Waals surface area contributed by atoms with Crippen molar-refractivity contribution in [1.82, 2.24) is 24.8 Å². The van der Waals surface area contributed by atoms with Crippen LogP contribution in [-0.4, -0.2) is 70.2 Å². The van der Waals surface area contributed by atoms with Crippen molar-refractivity contribution in [3.63, 3.8) is 0 Å². The number of aromatic nitrogens is 3. The molecule has 1 aromatic rings. The van der Waals surface area contributed by atoms with Gasteiger partial charge in [-0.05, 0) is 51.0 Å². The molecular formula is C20H35N5O. The highest BCUT2D eigenvalue weighted by atomic mass is 16.5. The molecule has 6 heteroatoms. The first-order chi connectivity index (χ1) is 12.8. The van der Waals surface area contributed by atoms with Crippen LogP contribution in [0, 0.1) is 5.92 Å². The van der Waals surface area contributed by atoms with Crippen molar-refractivity contribution in [2.45, 2.75) is 70.5 Å². The smallest absolute Gasteiger partial charge is 0.0967 e. The molecule has 0 N–H and O–H groups in total. The Morgan fingerprint density at radius 3 is 2.62 bits per heavy atom. The summed E-state index contributed by atoms with van der Waals surface area (Å²) in [6.07, 6.45) is 11.0. The summed E-state index contributed by atoms with van der Waals surface area (Å²) in [5.74, 6) is 0.893. The predicted octanol–water partition coefficient (Wildman–Crippen LogP) is 2.72. The van der Waals surface area contributed by atoms with Crippen molar-refractivity contribution in [2.24, 2.45) is 5.92 Å². The van der Waals surface area contributed by atoms with Crippen LogP contribution in [-0.2, 0) is 11.3 Å². The second-order valence-electron chi connectivity index (χ2n) is 8.48. The Kier molecular flexibility index (Phi) is 6.23. The van der Waals surface area contributed by atoms with Gasteiger partial charge in [0.1, 0.15) is 0 Å². The molecular weight excluding hydrogens is 326 g/mol. The van der Waals surface area contributed by atoms with E-state index in [4.69, 9.17) is 4.74 Å². The molecule has 4 heterocycles. The minimum absolute atomic E-state index is 0.527. The maximum Gasteiger partial charge on any atom is 0.0967 e. The number of hydrogen-bond acceptors (Lipinski definition) is 5. The van der Waals surface area contributed by atoms with Crippen LogP contribution in [0.25, 0.3) is 0 Å². The van der Waals surface area contributed by atoms with E-state index < -0.39 is 0 Å². The molecule has 6 nitrogen and oxygen atoms in total. The van der Waals surface area contributed by atoms with E-state index >= 15 is 0 Å². The summed E-state index contributed by atoms with van der Waals surface area (Å²) in [5.41, 5.74) is 1.15. The molecule has 3 saturated heterocycles. The van der Waals surface area contributed by atoms with Crippen LogP contribution < -0.4 is 0 Å². The zero-order valence-corrected chi connectivity index (χ0v) is 16.4. The highest BCUT2D eigenvalue weighted by Crippen LogP contribution is 2.26. The standard InChI is InChI=1S/C20H35N5O/c1-2-3-17-4-9-23(14-17)15-18-16-25(22-21-18)20-5-10-24(11-6-20)19-7-12-26-13-8-19/h16-17,19-20H,2-15H2,1H3. The van der Waals surface area contributed by atoms with Gasteiger partial charge in [0.05, 0.1) is 17.9 Å². The lowest BCUT2D eigenvalue weighted by molar-refractivity contribution is 0.0211. The topological polar surface area (TPSA) is 46.4 Å². The van der Waals surface area contributed by atoms with Crippen molar-refractivity contribution in [1.29, 1.82) is 0 Å². The Morgan fingerprint density at radius 2 is 1.85 bits per heavy atom. The zero-order valence-electron chi connectivity index (χ0n) is 16.4.